The van der Waals surface area contributed by atoms with Crippen LogP contribution in [0, 0.1) is 0 Å². The topological polar surface area (TPSA) is 46.9 Å². The molecule has 0 atom stereocenters. The lowest BCUT2D eigenvalue weighted by atomic mass is 9.80. The molecule has 1 saturated carbocycles. The maximum absolute atomic E-state index is 12.3. The molecule has 0 radical (unpaired) electrons. The van der Waals surface area contributed by atoms with E-state index in [1.54, 1.807) is 0 Å². The van der Waals surface area contributed by atoms with Crippen LogP contribution in [0.3, 0.4) is 0 Å². The van der Waals surface area contributed by atoms with Crippen LogP contribution >= 0.6 is 0 Å². The van der Waals surface area contributed by atoms with E-state index in [0.717, 1.165) is 13.0 Å². The van der Waals surface area contributed by atoms with Gasteiger partial charge >= 0.3 is 0 Å². The molecule has 1 amide bonds. The van der Waals surface area contributed by atoms with Crippen molar-refractivity contribution in [2.24, 2.45) is 0 Å². The lowest BCUT2D eigenvalue weighted by Crippen LogP contribution is -2.14. The Morgan fingerprint density at radius 1 is 1.14 bits per heavy atom. The van der Waals surface area contributed by atoms with Crippen molar-refractivity contribution in [3.8, 4) is 0 Å². The average molecular weight is 295 g/mol. The third-order valence-corrected chi connectivity index (χ3v) is 4.91. The molecule has 0 bridgehead atoms. The van der Waals surface area contributed by atoms with Crippen LogP contribution in [0.15, 0.2) is 30.3 Å². The molecule has 22 heavy (non-hydrogen) atoms. The number of nitrogens with one attached hydrogen (secondary N) is 1. The van der Waals surface area contributed by atoms with Gasteiger partial charge in [0.05, 0.1) is 0 Å². The van der Waals surface area contributed by atoms with Crippen LogP contribution in [-0.2, 0) is 13.0 Å². The fourth-order valence-electron chi connectivity index (χ4n) is 3.32. The zero-order valence-corrected chi connectivity index (χ0v) is 12.7. The average Bonchev–Trinajstić information content (AvgIpc) is 2.88. The van der Waals surface area contributed by atoms with E-state index >= 15 is 0 Å². The summed E-state index contributed by atoms with van der Waals surface area (Å²) in [5, 5.41) is 7.39. The molecule has 2 aromatic rings. The molecule has 2 aliphatic rings. The Labute approximate surface area is 130 Å². The molecule has 1 aliphatic carbocycles. The number of benzene rings is 1. The number of aryl methyl sites for hydroxylation is 2. The van der Waals surface area contributed by atoms with Gasteiger partial charge in [-0.3, -0.25) is 9.48 Å². The normalized spacial score (nSPS) is 17.6. The number of nitrogens with zero attached hydrogens (tertiary/aromatic N) is 2. The van der Waals surface area contributed by atoms with Gasteiger partial charge in [-0.15, -0.1) is 0 Å². The molecule has 114 valence electrons. The van der Waals surface area contributed by atoms with Gasteiger partial charge in [0.2, 0.25) is 0 Å². The SMILES string of the molecule is O=C(Nc1cc2n(n1)CCCC2)c1ccc(C2CCC2)cc1. The molecule has 1 aliphatic heterocycles. The van der Waals surface area contributed by atoms with Crippen LogP contribution in [0.4, 0.5) is 5.82 Å². The van der Waals surface area contributed by atoms with Gasteiger partial charge in [0, 0.05) is 23.9 Å². The van der Waals surface area contributed by atoms with E-state index in [0.29, 0.717) is 17.3 Å². The van der Waals surface area contributed by atoms with Gasteiger partial charge in [-0.05, 0) is 55.7 Å². The van der Waals surface area contributed by atoms with Gasteiger partial charge in [-0.25, -0.2) is 0 Å². The zero-order valence-electron chi connectivity index (χ0n) is 12.7. The molecule has 1 aromatic carbocycles. The predicted molar refractivity (Wildman–Crippen MR) is 86.2 cm³/mol. The van der Waals surface area contributed by atoms with Crippen molar-refractivity contribution in [3.63, 3.8) is 0 Å². The Bertz CT molecular complexity index is 659. The highest BCUT2D eigenvalue weighted by atomic mass is 16.1. The van der Waals surface area contributed by atoms with Crippen LogP contribution in [0.5, 0.6) is 0 Å². The third-order valence-electron chi connectivity index (χ3n) is 4.91. The highest BCUT2D eigenvalue weighted by Crippen LogP contribution is 2.36. The van der Waals surface area contributed by atoms with E-state index in [1.807, 2.05) is 22.9 Å². The first-order valence-electron chi connectivity index (χ1n) is 8.28. The molecule has 0 unspecified atom stereocenters. The van der Waals surface area contributed by atoms with Crippen LogP contribution in [0.2, 0.25) is 0 Å². The highest BCUT2D eigenvalue weighted by Gasteiger charge is 2.20. The lowest BCUT2D eigenvalue weighted by Gasteiger charge is -2.25. The number of amides is 1. The Hall–Kier alpha value is -2.10. The van der Waals surface area contributed by atoms with E-state index in [2.05, 4.69) is 22.5 Å². The minimum Gasteiger partial charge on any atom is -0.305 e. The molecule has 1 fully saturated rings. The Kier molecular flexibility index (Phi) is 3.45. The molecule has 4 rings (SSSR count). The van der Waals surface area contributed by atoms with Crippen molar-refractivity contribution in [2.75, 3.05) is 5.32 Å². The van der Waals surface area contributed by atoms with Crippen molar-refractivity contribution in [2.45, 2.75) is 51.0 Å². The molecule has 1 N–H and O–H groups in total. The molecule has 0 saturated heterocycles. The maximum atomic E-state index is 12.3. The Morgan fingerprint density at radius 2 is 1.95 bits per heavy atom. The summed E-state index contributed by atoms with van der Waals surface area (Å²) in [7, 11) is 0. The summed E-state index contributed by atoms with van der Waals surface area (Å²) in [6.45, 7) is 0.960. The second kappa shape index (κ2) is 5.59. The van der Waals surface area contributed by atoms with Gasteiger partial charge in [0.15, 0.2) is 5.82 Å². The smallest absolute Gasteiger partial charge is 0.256 e. The fourth-order valence-corrected chi connectivity index (χ4v) is 3.32. The van der Waals surface area contributed by atoms with E-state index in [-0.39, 0.29) is 5.91 Å². The van der Waals surface area contributed by atoms with Crippen molar-refractivity contribution in [1.82, 2.24) is 9.78 Å². The standard InChI is InChI=1S/C18H21N3O/c22-18(15-9-7-14(8-10-15)13-4-3-5-13)19-17-12-16-6-1-2-11-21(16)20-17/h7-10,12-13H,1-6,11H2,(H,19,20,22). The van der Waals surface area contributed by atoms with Gasteiger partial charge in [-0.2, -0.15) is 5.10 Å². The summed E-state index contributed by atoms with van der Waals surface area (Å²) in [4.78, 5) is 12.3. The number of hydrogen-bond acceptors (Lipinski definition) is 2. The summed E-state index contributed by atoms with van der Waals surface area (Å²) in [5.74, 6) is 1.30. The second-order valence-corrected chi connectivity index (χ2v) is 6.41. The number of fused-ring (bicyclic) bond motifs is 1. The summed E-state index contributed by atoms with van der Waals surface area (Å²) < 4.78 is 2.01. The third kappa shape index (κ3) is 2.54. The molecular formula is C18H21N3O. The second-order valence-electron chi connectivity index (χ2n) is 6.41. The minimum atomic E-state index is -0.0735. The van der Waals surface area contributed by atoms with E-state index in [4.69, 9.17) is 0 Å². The first kappa shape index (κ1) is 13.6. The van der Waals surface area contributed by atoms with E-state index < -0.39 is 0 Å². The largest absolute Gasteiger partial charge is 0.305 e. The summed E-state index contributed by atoms with van der Waals surface area (Å²) in [6, 6.07) is 10.0. The number of carbonyl (C=O) groups is 1. The van der Waals surface area contributed by atoms with Crippen LogP contribution in [-0.4, -0.2) is 15.7 Å². The quantitative estimate of drug-likeness (QED) is 0.937. The van der Waals surface area contributed by atoms with Crippen molar-refractivity contribution < 1.29 is 4.79 Å². The fraction of sp³-hybridized carbons (Fsp3) is 0.444. The Balaban J connectivity index is 1.46. The van der Waals surface area contributed by atoms with Crippen molar-refractivity contribution in [1.29, 1.82) is 0 Å². The van der Waals surface area contributed by atoms with E-state index in [9.17, 15) is 4.79 Å². The highest BCUT2D eigenvalue weighted by molar-refractivity contribution is 6.03. The van der Waals surface area contributed by atoms with Gasteiger partial charge in [0.1, 0.15) is 0 Å². The molecule has 0 spiro atoms. The lowest BCUT2D eigenvalue weighted by molar-refractivity contribution is 0.102. The monoisotopic (exact) mass is 295 g/mol. The molecular weight excluding hydrogens is 274 g/mol. The summed E-state index contributed by atoms with van der Waals surface area (Å²) >= 11 is 0. The maximum Gasteiger partial charge on any atom is 0.256 e. The first-order chi connectivity index (χ1) is 10.8. The predicted octanol–water partition coefficient (Wildman–Crippen LogP) is 3.74. The number of carbonyl (C=O) groups excluding carboxylic acids is 1. The van der Waals surface area contributed by atoms with Crippen LogP contribution in [0.25, 0.3) is 0 Å². The van der Waals surface area contributed by atoms with Crippen LogP contribution in [0.1, 0.15) is 59.6 Å². The van der Waals surface area contributed by atoms with Crippen molar-refractivity contribution >= 4 is 11.7 Å². The minimum absolute atomic E-state index is 0.0735. The summed E-state index contributed by atoms with van der Waals surface area (Å²) in [5.41, 5.74) is 3.29. The number of anilines is 1. The van der Waals surface area contributed by atoms with Gasteiger partial charge in [0.25, 0.3) is 5.91 Å². The molecule has 2 heterocycles. The zero-order chi connectivity index (χ0) is 14.9. The molecule has 4 nitrogen and oxygen atoms in total. The molecule has 4 heteroatoms. The molecule has 1 aromatic heterocycles. The van der Waals surface area contributed by atoms with Crippen molar-refractivity contribution in [3.05, 3.63) is 47.2 Å². The summed E-state index contributed by atoms with van der Waals surface area (Å²) in [6.07, 6.45) is 7.33. The van der Waals surface area contributed by atoms with E-state index in [1.165, 1.54) is 43.4 Å². The number of aromatic nitrogens is 2. The van der Waals surface area contributed by atoms with Gasteiger partial charge in [-0.1, -0.05) is 18.6 Å². The number of rotatable bonds is 3. The first-order valence-corrected chi connectivity index (χ1v) is 8.28. The van der Waals surface area contributed by atoms with Gasteiger partial charge < -0.3 is 5.32 Å². The van der Waals surface area contributed by atoms with Crippen LogP contribution < -0.4 is 5.32 Å². The number of hydrogen-bond donors (Lipinski definition) is 1. The Morgan fingerprint density at radius 3 is 2.64 bits per heavy atom.